The molecular formula is C18H21IN2O2. The van der Waals surface area contributed by atoms with Crippen molar-refractivity contribution in [3.8, 4) is 0 Å². The van der Waals surface area contributed by atoms with Gasteiger partial charge in [0.2, 0.25) is 6.33 Å². The van der Waals surface area contributed by atoms with Crippen LogP contribution in [0.25, 0.3) is 11.0 Å². The van der Waals surface area contributed by atoms with E-state index in [0.29, 0.717) is 19.8 Å². The quantitative estimate of drug-likeness (QED) is 0.410. The molecule has 1 atom stereocenters. The predicted octanol–water partition coefficient (Wildman–Crippen LogP) is -0.952. The first-order valence-corrected chi connectivity index (χ1v) is 7.47. The number of benzene rings is 2. The van der Waals surface area contributed by atoms with Gasteiger partial charge in [-0.1, -0.05) is 42.5 Å². The molecule has 3 rings (SSSR count). The molecule has 0 amide bonds. The summed E-state index contributed by atoms with van der Waals surface area (Å²) in [7, 11) is 2.01. The Balaban J connectivity index is 0.00000192. The molecule has 0 radical (unpaired) electrons. The number of hydrogen-bond donors (Lipinski definition) is 1. The highest BCUT2D eigenvalue weighted by Crippen LogP contribution is 2.11. The van der Waals surface area contributed by atoms with Gasteiger partial charge in [0.05, 0.1) is 20.3 Å². The van der Waals surface area contributed by atoms with Crippen molar-refractivity contribution in [2.45, 2.75) is 19.3 Å². The molecule has 2 aromatic carbocycles. The van der Waals surface area contributed by atoms with Crippen LogP contribution in [0.4, 0.5) is 0 Å². The van der Waals surface area contributed by atoms with Crippen LogP contribution in [0.5, 0.6) is 0 Å². The highest BCUT2D eigenvalue weighted by molar-refractivity contribution is 5.71. The summed E-state index contributed by atoms with van der Waals surface area (Å²) in [5.41, 5.74) is 3.39. The van der Waals surface area contributed by atoms with Crippen LogP contribution in [-0.2, 0) is 24.9 Å². The first kappa shape index (κ1) is 17.9. The largest absolute Gasteiger partial charge is 1.00 e. The van der Waals surface area contributed by atoms with Gasteiger partial charge in [-0.3, -0.25) is 0 Å². The number of fused-ring (bicyclic) bond motifs is 1. The van der Waals surface area contributed by atoms with Crippen molar-refractivity contribution in [1.82, 2.24) is 4.57 Å². The van der Waals surface area contributed by atoms with Gasteiger partial charge in [-0.25, -0.2) is 9.13 Å². The maximum atomic E-state index is 10.2. The average molecular weight is 424 g/mol. The highest BCUT2D eigenvalue weighted by Gasteiger charge is 2.16. The van der Waals surface area contributed by atoms with E-state index in [1.807, 2.05) is 55.8 Å². The Bertz CT molecular complexity index is 743. The summed E-state index contributed by atoms with van der Waals surface area (Å²) in [5.74, 6) is 0. The zero-order valence-electron chi connectivity index (χ0n) is 13.1. The van der Waals surface area contributed by atoms with E-state index < -0.39 is 6.10 Å². The molecule has 1 aromatic heterocycles. The van der Waals surface area contributed by atoms with Crippen LogP contribution in [0, 0.1) is 0 Å². The minimum Gasteiger partial charge on any atom is -1.00 e. The van der Waals surface area contributed by atoms with Gasteiger partial charge in [-0.05, 0) is 17.7 Å². The fourth-order valence-corrected chi connectivity index (χ4v) is 2.65. The molecule has 23 heavy (non-hydrogen) atoms. The van der Waals surface area contributed by atoms with Crippen molar-refractivity contribution in [2.75, 3.05) is 6.61 Å². The SMILES string of the molecule is C[n+]1cn(CC(O)COCc2ccccc2)c2ccccc21.[I-]. The normalized spacial score (nSPS) is 12.1. The molecule has 0 aliphatic rings. The second kappa shape index (κ2) is 8.42. The fourth-order valence-electron chi connectivity index (χ4n) is 2.65. The molecule has 1 heterocycles. The van der Waals surface area contributed by atoms with Gasteiger partial charge in [-0.15, -0.1) is 0 Å². The lowest BCUT2D eigenvalue weighted by atomic mass is 10.2. The zero-order valence-corrected chi connectivity index (χ0v) is 15.3. The smallest absolute Gasteiger partial charge is 0.244 e. The standard InChI is InChI=1S/C18H21N2O2.HI/c1-19-14-20(18-10-6-5-9-17(18)19)11-16(21)13-22-12-15-7-3-2-4-8-15;/h2-10,14,16,21H,11-13H2,1H3;1H/q+1;/p-1. The number of hydrogen-bond acceptors (Lipinski definition) is 2. The zero-order chi connectivity index (χ0) is 15.4. The van der Waals surface area contributed by atoms with Gasteiger partial charge in [0.15, 0.2) is 11.0 Å². The summed E-state index contributed by atoms with van der Waals surface area (Å²) in [6.45, 7) is 1.37. The van der Waals surface area contributed by atoms with E-state index in [2.05, 4.69) is 21.3 Å². The lowest BCUT2D eigenvalue weighted by molar-refractivity contribution is -0.645. The van der Waals surface area contributed by atoms with Crippen molar-refractivity contribution in [3.63, 3.8) is 0 Å². The minimum atomic E-state index is -0.528. The maximum Gasteiger partial charge on any atom is 0.244 e. The average Bonchev–Trinajstić information content (AvgIpc) is 2.85. The molecule has 4 nitrogen and oxygen atoms in total. The second-order valence-electron chi connectivity index (χ2n) is 5.52. The number of aromatic nitrogens is 2. The van der Waals surface area contributed by atoms with Crippen LogP contribution in [0.2, 0.25) is 0 Å². The van der Waals surface area contributed by atoms with Gasteiger partial charge in [0.1, 0.15) is 12.6 Å². The minimum absolute atomic E-state index is 0. The number of rotatable bonds is 6. The lowest BCUT2D eigenvalue weighted by Gasteiger charge is -2.09. The molecule has 0 saturated carbocycles. The van der Waals surface area contributed by atoms with E-state index in [4.69, 9.17) is 4.74 Å². The lowest BCUT2D eigenvalue weighted by Crippen LogP contribution is -3.00. The number of aryl methyl sites for hydroxylation is 1. The van der Waals surface area contributed by atoms with E-state index in [1.54, 1.807) is 0 Å². The summed E-state index contributed by atoms with van der Waals surface area (Å²) in [6.07, 6.45) is 1.48. The molecular weight excluding hydrogens is 403 g/mol. The summed E-state index contributed by atoms with van der Waals surface area (Å²) >= 11 is 0. The number of nitrogens with zero attached hydrogens (tertiary/aromatic N) is 2. The molecule has 0 aliphatic heterocycles. The molecule has 0 saturated heterocycles. The summed E-state index contributed by atoms with van der Waals surface area (Å²) in [4.78, 5) is 0. The number of aliphatic hydroxyl groups is 1. The van der Waals surface area contributed by atoms with Crippen molar-refractivity contribution in [2.24, 2.45) is 7.05 Å². The summed E-state index contributed by atoms with van der Waals surface area (Å²) < 4.78 is 9.73. The third-order valence-electron chi connectivity index (χ3n) is 3.71. The molecule has 3 aromatic rings. The van der Waals surface area contributed by atoms with Gasteiger partial charge in [-0.2, -0.15) is 0 Å². The van der Waals surface area contributed by atoms with Crippen LogP contribution >= 0.6 is 0 Å². The first-order chi connectivity index (χ1) is 10.7. The number of imidazole rings is 1. The van der Waals surface area contributed by atoms with E-state index in [1.165, 1.54) is 0 Å². The fraction of sp³-hybridized carbons (Fsp3) is 0.278. The van der Waals surface area contributed by atoms with Gasteiger partial charge >= 0.3 is 0 Å². The third kappa shape index (κ3) is 4.53. The molecule has 0 fully saturated rings. The van der Waals surface area contributed by atoms with Gasteiger partial charge in [0, 0.05) is 0 Å². The highest BCUT2D eigenvalue weighted by atomic mass is 127. The molecule has 1 N–H and O–H groups in total. The Morgan fingerprint density at radius 1 is 1.09 bits per heavy atom. The Morgan fingerprint density at radius 2 is 1.78 bits per heavy atom. The number of para-hydroxylation sites is 2. The summed E-state index contributed by atoms with van der Waals surface area (Å²) in [5, 5.41) is 10.2. The van der Waals surface area contributed by atoms with Crippen molar-refractivity contribution < 1.29 is 38.4 Å². The molecule has 122 valence electrons. The van der Waals surface area contributed by atoms with Gasteiger partial charge < -0.3 is 33.8 Å². The number of ether oxygens (including phenoxy) is 1. The van der Waals surface area contributed by atoms with Crippen LogP contribution in [0.3, 0.4) is 0 Å². The first-order valence-electron chi connectivity index (χ1n) is 7.47. The number of aliphatic hydroxyl groups excluding tert-OH is 1. The van der Waals surface area contributed by atoms with Crippen LogP contribution < -0.4 is 28.5 Å². The van der Waals surface area contributed by atoms with E-state index in [9.17, 15) is 5.11 Å². The van der Waals surface area contributed by atoms with Gasteiger partial charge in [0.25, 0.3) is 0 Å². The molecule has 5 heteroatoms. The topological polar surface area (TPSA) is 38.3 Å². The van der Waals surface area contributed by atoms with E-state index in [-0.39, 0.29) is 24.0 Å². The predicted molar refractivity (Wildman–Crippen MR) is 85.2 cm³/mol. The molecule has 0 bridgehead atoms. The van der Waals surface area contributed by atoms with Crippen molar-refractivity contribution in [3.05, 3.63) is 66.5 Å². The Hall–Kier alpha value is -1.44. The van der Waals surface area contributed by atoms with Crippen LogP contribution in [0.1, 0.15) is 5.56 Å². The Morgan fingerprint density at radius 3 is 2.57 bits per heavy atom. The monoisotopic (exact) mass is 424 g/mol. The molecule has 0 spiro atoms. The third-order valence-corrected chi connectivity index (χ3v) is 3.71. The maximum absolute atomic E-state index is 10.2. The van der Waals surface area contributed by atoms with Crippen molar-refractivity contribution >= 4 is 11.0 Å². The Labute approximate surface area is 153 Å². The van der Waals surface area contributed by atoms with Crippen LogP contribution in [0.15, 0.2) is 60.9 Å². The van der Waals surface area contributed by atoms with E-state index >= 15 is 0 Å². The van der Waals surface area contributed by atoms with E-state index in [0.717, 1.165) is 16.6 Å². The number of halogens is 1. The summed E-state index contributed by atoms with van der Waals surface area (Å²) in [6, 6.07) is 18.2. The molecule has 0 aliphatic carbocycles. The van der Waals surface area contributed by atoms with Crippen molar-refractivity contribution in [1.29, 1.82) is 0 Å². The Kier molecular flexibility index (Phi) is 6.56. The molecule has 1 unspecified atom stereocenters. The second-order valence-corrected chi connectivity index (χ2v) is 5.52. The van der Waals surface area contributed by atoms with Crippen LogP contribution in [-0.4, -0.2) is 22.4 Å².